The number of ether oxygens (including phenoxy) is 1. The molecule has 1 aliphatic rings. The molecule has 1 heterocycles. The summed E-state index contributed by atoms with van der Waals surface area (Å²) < 4.78 is 40.5. The average Bonchev–Trinajstić information content (AvgIpc) is 2.64. The van der Waals surface area contributed by atoms with Crippen molar-refractivity contribution < 1.29 is 27.7 Å². The Morgan fingerprint density at radius 2 is 1.48 bits per heavy atom. The van der Waals surface area contributed by atoms with E-state index in [1.54, 1.807) is 17.0 Å². The average molecular weight is 378 g/mol. The monoisotopic (exact) mass is 378 g/mol. The van der Waals surface area contributed by atoms with E-state index < -0.39 is 6.36 Å². The van der Waals surface area contributed by atoms with E-state index in [1.807, 2.05) is 18.2 Å². The molecule has 2 N–H and O–H groups in total. The topological polar surface area (TPSA) is 18.1 Å². The molecule has 1 fully saturated rings. The molecule has 3 nitrogen and oxygen atoms in total. The molecule has 0 aromatic heterocycles. The van der Waals surface area contributed by atoms with E-state index in [-0.39, 0.29) is 5.75 Å². The molecule has 2 aromatic rings. The molecule has 0 atom stereocenters. The van der Waals surface area contributed by atoms with Crippen molar-refractivity contribution in [3.8, 4) is 5.75 Å². The number of piperazine rings is 1. The number of alkyl halides is 3. The summed E-state index contributed by atoms with van der Waals surface area (Å²) in [4.78, 5) is 3.04. The minimum absolute atomic E-state index is 0.166. The Bertz CT molecular complexity index is 721. The quantitative estimate of drug-likeness (QED) is 0.781. The van der Waals surface area contributed by atoms with Gasteiger partial charge in [-0.15, -0.1) is 13.2 Å². The molecule has 1 aliphatic heterocycles. The van der Waals surface area contributed by atoms with Crippen molar-refractivity contribution in [2.75, 3.05) is 32.7 Å². The van der Waals surface area contributed by atoms with Gasteiger partial charge in [-0.05, 0) is 35.9 Å². The second kappa shape index (κ2) is 9.06. The summed E-state index contributed by atoms with van der Waals surface area (Å²) >= 11 is 0. The molecule has 0 aliphatic carbocycles. The summed E-state index contributed by atoms with van der Waals surface area (Å²) in [5, 5.41) is 0. The van der Waals surface area contributed by atoms with Crippen LogP contribution in [0.3, 0.4) is 0 Å². The Labute approximate surface area is 157 Å². The number of hydrogen-bond acceptors (Lipinski definition) is 1. The van der Waals surface area contributed by atoms with Gasteiger partial charge in [0, 0.05) is 5.56 Å². The van der Waals surface area contributed by atoms with Gasteiger partial charge in [-0.1, -0.05) is 36.4 Å². The lowest BCUT2D eigenvalue weighted by Crippen LogP contribution is -3.27. The second-order valence-electron chi connectivity index (χ2n) is 6.89. The maximum absolute atomic E-state index is 12.2. The Hall–Kier alpha value is -2.31. The van der Waals surface area contributed by atoms with Crippen LogP contribution in [0.2, 0.25) is 0 Å². The lowest BCUT2D eigenvalue weighted by atomic mass is 10.2. The number of nitrogens with one attached hydrogen (secondary N) is 2. The Morgan fingerprint density at radius 1 is 0.852 bits per heavy atom. The molecule has 0 bridgehead atoms. The van der Waals surface area contributed by atoms with Gasteiger partial charge < -0.3 is 14.5 Å². The van der Waals surface area contributed by atoms with Crippen LogP contribution < -0.4 is 14.5 Å². The van der Waals surface area contributed by atoms with Gasteiger partial charge in [0.15, 0.2) is 0 Å². The molecule has 3 rings (SSSR count). The molecular weight excluding hydrogens is 353 g/mol. The predicted molar refractivity (Wildman–Crippen MR) is 98.6 cm³/mol. The largest absolute Gasteiger partial charge is 0.573 e. The summed E-state index contributed by atoms with van der Waals surface area (Å²) in [5.41, 5.74) is 2.26. The summed E-state index contributed by atoms with van der Waals surface area (Å²) in [6.07, 6.45) is -0.243. The highest BCUT2D eigenvalue weighted by molar-refractivity contribution is 5.48. The number of halogens is 3. The molecule has 0 unspecified atom stereocenters. The summed E-state index contributed by atoms with van der Waals surface area (Å²) in [7, 11) is 0. The molecule has 2 aromatic carbocycles. The van der Waals surface area contributed by atoms with Crippen LogP contribution in [0.5, 0.6) is 5.75 Å². The van der Waals surface area contributed by atoms with E-state index in [9.17, 15) is 13.2 Å². The van der Waals surface area contributed by atoms with E-state index in [0.29, 0.717) is 0 Å². The normalized spacial score (nSPS) is 20.7. The number of rotatable bonds is 6. The first-order valence-electron chi connectivity index (χ1n) is 9.21. The van der Waals surface area contributed by atoms with E-state index in [0.717, 1.165) is 44.8 Å². The van der Waals surface area contributed by atoms with Gasteiger partial charge in [0.1, 0.15) is 38.5 Å². The van der Waals surface area contributed by atoms with E-state index in [2.05, 4.69) is 29.0 Å². The van der Waals surface area contributed by atoms with Crippen LogP contribution >= 0.6 is 0 Å². The SMILES string of the molecule is FC(F)(F)Oc1ccc(C[NH+]2CC[NH+](C/C=C/c3ccccc3)CC2)cc1. The second-order valence-corrected chi connectivity index (χ2v) is 6.89. The highest BCUT2D eigenvalue weighted by Gasteiger charge is 2.31. The van der Waals surface area contributed by atoms with Crippen LogP contribution in [0.25, 0.3) is 6.08 Å². The summed E-state index contributed by atoms with van der Waals surface area (Å²) in [6, 6.07) is 16.5. The minimum Gasteiger partial charge on any atom is -0.406 e. The van der Waals surface area contributed by atoms with Crippen molar-refractivity contribution in [3.63, 3.8) is 0 Å². The van der Waals surface area contributed by atoms with Crippen LogP contribution in [0, 0.1) is 0 Å². The maximum atomic E-state index is 12.2. The van der Waals surface area contributed by atoms with Gasteiger partial charge in [0.25, 0.3) is 0 Å². The minimum atomic E-state index is -4.64. The van der Waals surface area contributed by atoms with Gasteiger partial charge in [-0.3, -0.25) is 0 Å². The van der Waals surface area contributed by atoms with Gasteiger partial charge in [0.05, 0.1) is 6.54 Å². The van der Waals surface area contributed by atoms with E-state index >= 15 is 0 Å². The van der Waals surface area contributed by atoms with Crippen molar-refractivity contribution in [3.05, 3.63) is 71.8 Å². The Kier molecular flexibility index (Phi) is 6.53. The molecule has 0 spiro atoms. The first kappa shape index (κ1) is 19.5. The highest BCUT2D eigenvalue weighted by atomic mass is 19.4. The summed E-state index contributed by atoms with van der Waals surface area (Å²) in [6.45, 7) is 6.18. The maximum Gasteiger partial charge on any atom is 0.573 e. The Morgan fingerprint density at radius 3 is 2.11 bits per heavy atom. The smallest absolute Gasteiger partial charge is 0.406 e. The van der Waals surface area contributed by atoms with Crippen molar-refractivity contribution in [2.24, 2.45) is 0 Å². The van der Waals surface area contributed by atoms with Gasteiger partial charge in [0.2, 0.25) is 0 Å². The van der Waals surface area contributed by atoms with Crippen LogP contribution in [0.4, 0.5) is 13.2 Å². The van der Waals surface area contributed by atoms with Crippen molar-refractivity contribution >= 4 is 6.08 Å². The third kappa shape index (κ3) is 6.73. The predicted octanol–water partition coefficient (Wildman–Crippen LogP) is 1.58. The van der Waals surface area contributed by atoms with Crippen LogP contribution in [0.1, 0.15) is 11.1 Å². The fourth-order valence-corrected chi connectivity index (χ4v) is 3.36. The highest BCUT2D eigenvalue weighted by Crippen LogP contribution is 2.22. The van der Waals surface area contributed by atoms with Crippen molar-refractivity contribution in [1.82, 2.24) is 0 Å². The fourth-order valence-electron chi connectivity index (χ4n) is 3.36. The molecule has 0 saturated carbocycles. The molecule has 0 radical (unpaired) electrons. The molecule has 6 heteroatoms. The van der Waals surface area contributed by atoms with Gasteiger partial charge in [-0.2, -0.15) is 0 Å². The van der Waals surface area contributed by atoms with Crippen LogP contribution in [0.15, 0.2) is 60.7 Å². The van der Waals surface area contributed by atoms with E-state index in [4.69, 9.17) is 0 Å². The molecular formula is C21H25F3N2O+2. The zero-order chi connectivity index (χ0) is 19.1. The van der Waals surface area contributed by atoms with Crippen LogP contribution in [-0.4, -0.2) is 39.1 Å². The standard InChI is InChI=1S/C21H23F3N2O/c22-21(23,24)27-20-10-8-19(9-11-20)17-26-15-13-25(14-16-26)12-4-7-18-5-2-1-3-6-18/h1-11H,12-17H2/p+2/b7-4+. The molecule has 27 heavy (non-hydrogen) atoms. The van der Waals surface area contributed by atoms with Crippen molar-refractivity contribution in [1.29, 1.82) is 0 Å². The first-order valence-corrected chi connectivity index (χ1v) is 9.21. The lowest BCUT2D eigenvalue weighted by molar-refractivity contribution is -1.02. The van der Waals surface area contributed by atoms with Gasteiger partial charge >= 0.3 is 6.36 Å². The molecule has 1 saturated heterocycles. The van der Waals surface area contributed by atoms with Crippen LogP contribution in [-0.2, 0) is 6.54 Å². The lowest BCUT2D eigenvalue weighted by Gasteiger charge is -2.29. The zero-order valence-electron chi connectivity index (χ0n) is 15.1. The van der Waals surface area contributed by atoms with Gasteiger partial charge in [-0.25, -0.2) is 0 Å². The number of benzene rings is 2. The molecule has 144 valence electrons. The number of hydrogen-bond donors (Lipinski definition) is 2. The first-order chi connectivity index (χ1) is 13.0. The zero-order valence-corrected chi connectivity index (χ0v) is 15.1. The third-order valence-electron chi connectivity index (χ3n) is 4.79. The van der Waals surface area contributed by atoms with Crippen molar-refractivity contribution in [2.45, 2.75) is 12.9 Å². The van der Waals surface area contributed by atoms with E-state index in [1.165, 1.54) is 22.6 Å². The Balaban J connectivity index is 1.41. The third-order valence-corrected chi connectivity index (χ3v) is 4.79. The molecule has 0 amide bonds. The fraction of sp³-hybridized carbons (Fsp3) is 0.333. The number of quaternary nitrogens is 2. The summed E-state index contributed by atoms with van der Waals surface area (Å²) in [5.74, 6) is -0.166.